The lowest BCUT2D eigenvalue weighted by Gasteiger charge is -2.11. The van der Waals surface area contributed by atoms with Crippen molar-refractivity contribution in [3.63, 3.8) is 0 Å². The van der Waals surface area contributed by atoms with Crippen LogP contribution in [0.2, 0.25) is 0 Å². The Balaban J connectivity index is 1.84. The highest BCUT2D eigenvalue weighted by Crippen LogP contribution is 2.30. The molecule has 1 saturated carbocycles. The molecule has 0 aliphatic heterocycles. The van der Waals surface area contributed by atoms with E-state index < -0.39 is 0 Å². The van der Waals surface area contributed by atoms with Crippen molar-refractivity contribution in [1.29, 1.82) is 0 Å². The standard InChI is InChI=1S/C16H18FN3S/c1-10-8-11(2)20-16(19-10)21-15-5-3-4-14(17)13(15)9-18-12-6-7-12/h3-5,8,12,18H,6-7,9H2,1-2H3. The lowest BCUT2D eigenvalue weighted by Crippen LogP contribution is -2.17. The first-order chi connectivity index (χ1) is 10.1. The number of nitrogens with one attached hydrogen (secondary N) is 1. The van der Waals surface area contributed by atoms with E-state index in [1.165, 1.54) is 30.7 Å². The summed E-state index contributed by atoms with van der Waals surface area (Å²) in [7, 11) is 0. The molecule has 1 aromatic heterocycles. The van der Waals surface area contributed by atoms with E-state index in [1.54, 1.807) is 6.07 Å². The van der Waals surface area contributed by atoms with Gasteiger partial charge in [-0.1, -0.05) is 6.07 Å². The predicted octanol–water partition coefficient (Wildman–Crippen LogP) is 3.64. The van der Waals surface area contributed by atoms with Crippen LogP contribution in [0.25, 0.3) is 0 Å². The molecule has 1 N–H and O–H groups in total. The van der Waals surface area contributed by atoms with E-state index in [-0.39, 0.29) is 5.82 Å². The van der Waals surface area contributed by atoms with Crippen LogP contribution >= 0.6 is 11.8 Å². The molecule has 1 heterocycles. The summed E-state index contributed by atoms with van der Waals surface area (Å²) in [5, 5.41) is 4.04. The third-order valence-corrected chi connectivity index (χ3v) is 4.35. The fourth-order valence-electron chi connectivity index (χ4n) is 2.18. The summed E-state index contributed by atoms with van der Waals surface area (Å²) in [5.74, 6) is -0.169. The second-order valence-corrected chi connectivity index (χ2v) is 6.42. The molecule has 0 spiro atoms. The minimum Gasteiger partial charge on any atom is -0.310 e. The van der Waals surface area contributed by atoms with Crippen molar-refractivity contribution in [2.45, 2.75) is 49.3 Å². The molecule has 110 valence electrons. The van der Waals surface area contributed by atoms with Gasteiger partial charge in [0, 0.05) is 34.4 Å². The summed E-state index contributed by atoms with van der Waals surface area (Å²) in [4.78, 5) is 9.72. The lowest BCUT2D eigenvalue weighted by atomic mass is 10.2. The molecule has 3 rings (SSSR count). The van der Waals surface area contributed by atoms with Crippen LogP contribution in [0.5, 0.6) is 0 Å². The molecule has 0 radical (unpaired) electrons. The number of benzene rings is 1. The molecule has 0 bridgehead atoms. The first-order valence-corrected chi connectivity index (χ1v) is 7.94. The van der Waals surface area contributed by atoms with Gasteiger partial charge in [-0.25, -0.2) is 14.4 Å². The Bertz CT molecular complexity index is 636. The molecule has 2 aromatic rings. The van der Waals surface area contributed by atoms with Crippen LogP contribution in [0, 0.1) is 19.7 Å². The van der Waals surface area contributed by atoms with Crippen molar-refractivity contribution < 1.29 is 4.39 Å². The predicted molar refractivity (Wildman–Crippen MR) is 81.9 cm³/mol. The topological polar surface area (TPSA) is 37.8 Å². The minimum atomic E-state index is -0.169. The van der Waals surface area contributed by atoms with E-state index in [4.69, 9.17) is 0 Å². The van der Waals surface area contributed by atoms with Crippen LogP contribution in [-0.4, -0.2) is 16.0 Å². The second kappa shape index (κ2) is 6.12. The van der Waals surface area contributed by atoms with Gasteiger partial charge in [-0.3, -0.25) is 0 Å². The van der Waals surface area contributed by atoms with Gasteiger partial charge in [-0.15, -0.1) is 0 Å². The molecular formula is C16H18FN3S. The zero-order valence-corrected chi connectivity index (χ0v) is 13.0. The Morgan fingerprint density at radius 2 is 1.95 bits per heavy atom. The zero-order chi connectivity index (χ0) is 14.8. The maximum atomic E-state index is 14.1. The molecule has 3 nitrogen and oxygen atoms in total. The molecule has 1 fully saturated rings. The van der Waals surface area contributed by atoms with Crippen LogP contribution in [0.1, 0.15) is 29.8 Å². The summed E-state index contributed by atoms with van der Waals surface area (Å²) in [5.41, 5.74) is 2.57. The molecule has 1 aromatic carbocycles. The van der Waals surface area contributed by atoms with E-state index in [0.717, 1.165) is 16.3 Å². The SMILES string of the molecule is Cc1cc(C)nc(Sc2cccc(F)c2CNC2CC2)n1. The molecular weight excluding hydrogens is 285 g/mol. The molecule has 21 heavy (non-hydrogen) atoms. The molecule has 0 unspecified atom stereocenters. The van der Waals surface area contributed by atoms with Gasteiger partial charge in [0.25, 0.3) is 0 Å². The van der Waals surface area contributed by atoms with Gasteiger partial charge in [-0.05, 0) is 56.7 Å². The molecule has 0 amide bonds. The monoisotopic (exact) mass is 303 g/mol. The Hall–Kier alpha value is -1.46. The molecule has 1 aliphatic carbocycles. The Labute approximate surface area is 128 Å². The molecule has 5 heteroatoms. The van der Waals surface area contributed by atoms with E-state index in [9.17, 15) is 4.39 Å². The van der Waals surface area contributed by atoms with Crippen molar-refractivity contribution in [1.82, 2.24) is 15.3 Å². The highest BCUT2D eigenvalue weighted by molar-refractivity contribution is 7.99. The average molecular weight is 303 g/mol. The fraction of sp³-hybridized carbons (Fsp3) is 0.375. The van der Waals surface area contributed by atoms with Crippen molar-refractivity contribution in [3.05, 3.63) is 47.0 Å². The molecule has 0 atom stereocenters. The molecule has 0 saturated heterocycles. The quantitative estimate of drug-likeness (QED) is 0.856. The maximum absolute atomic E-state index is 14.1. The Morgan fingerprint density at radius 1 is 1.24 bits per heavy atom. The highest BCUT2D eigenvalue weighted by Gasteiger charge is 2.21. The van der Waals surface area contributed by atoms with Crippen LogP contribution in [0.4, 0.5) is 4.39 Å². The number of hydrogen-bond acceptors (Lipinski definition) is 4. The fourth-order valence-corrected chi connectivity index (χ4v) is 3.19. The van der Waals surface area contributed by atoms with E-state index in [0.29, 0.717) is 23.3 Å². The van der Waals surface area contributed by atoms with Crippen molar-refractivity contribution >= 4 is 11.8 Å². The number of rotatable bonds is 5. The summed E-state index contributed by atoms with van der Waals surface area (Å²) in [6, 6.07) is 7.67. The van der Waals surface area contributed by atoms with Crippen molar-refractivity contribution in [3.8, 4) is 0 Å². The lowest BCUT2D eigenvalue weighted by molar-refractivity contribution is 0.579. The minimum absolute atomic E-state index is 0.169. The Morgan fingerprint density at radius 3 is 2.62 bits per heavy atom. The third-order valence-electron chi connectivity index (χ3n) is 3.38. The van der Waals surface area contributed by atoms with Crippen LogP contribution < -0.4 is 5.32 Å². The first-order valence-electron chi connectivity index (χ1n) is 7.13. The van der Waals surface area contributed by atoms with Gasteiger partial charge in [0.05, 0.1) is 0 Å². The number of aryl methyl sites for hydroxylation is 2. The van der Waals surface area contributed by atoms with Crippen molar-refractivity contribution in [2.24, 2.45) is 0 Å². The molecule has 1 aliphatic rings. The highest BCUT2D eigenvalue weighted by atomic mass is 32.2. The average Bonchev–Trinajstić information content (AvgIpc) is 3.21. The number of nitrogens with zero attached hydrogens (tertiary/aromatic N) is 2. The zero-order valence-electron chi connectivity index (χ0n) is 12.2. The van der Waals surface area contributed by atoms with Crippen molar-refractivity contribution in [2.75, 3.05) is 0 Å². The number of aromatic nitrogens is 2. The number of hydrogen-bond donors (Lipinski definition) is 1. The van der Waals surface area contributed by atoms with Gasteiger partial charge in [0.1, 0.15) is 5.82 Å². The van der Waals surface area contributed by atoms with Gasteiger partial charge < -0.3 is 5.32 Å². The van der Waals surface area contributed by atoms with Crippen LogP contribution in [-0.2, 0) is 6.54 Å². The maximum Gasteiger partial charge on any atom is 0.192 e. The van der Waals surface area contributed by atoms with E-state index in [1.807, 2.05) is 26.0 Å². The van der Waals surface area contributed by atoms with Gasteiger partial charge in [0.15, 0.2) is 5.16 Å². The Kier molecular flexibility index (Phi) is 4.22. The van der Waals surface area contributed by atoms with Gasteiger partial charge in [0.2, 0.25) is 0 Å². The van der Waals surface area contributed by atoms with Gasteiger partial charge in [-0.2, -0.15) is 0 Å². The summed E-state index contributed by atoms with van der Waals surface area (Å²) in [6.07, 6.45) is 2.38. The smallest absolute Gasteiger partial charge is 0.192 e. The second-order valence-electron chi connectivity index (χ2n) is 5.41. The number of halogens is 1. The van der Waals surface area contributed by atoms with E-state index >= 15 is 0 Å². The summed E-state index contributed by atoms with van der Waals surface area (Å²) >= 11 is 1.43. The van der Waals surface area contributed by atoms with Gasteiger partial charge >= 0.3 is 0 Å². The van der Waals surface area contributed by atoms with Crippen LogP contribution in [0.15, 0.2) is 34.3 Å². The first kappa shape index (κ1) is 14.5. The third kappa shape index (κ3) is 3.80. The normalized spacial score (nSPS) is 14.4. The largest absolute Gasteiger partial charge is 0.310 e. The van der Waals surface area contributed by atoms with E-state index in [2.05, 4.69) is 15.3 Å². The summed E-state index contributed by atoms with van der Waals surface area (Å²) < 4.78 is 14.1. The van der Waals surface area contributed by atoms with Crippen LogP contribution in [0.3, 0.4) is 0 Å². The summed E-state index contributed by atoms with van der Waals surface area (Å²) in [6.45, 7) is 4.45.